The van der Waals surface area contributed by atoms with Gasteiger partial charge in [-0.1, -0.05) is 0 Å². The molecule has 0 spiro atoms. The van der Waals surface area contributed by atoms with Crippen molar-refractivity contribution in [3.63, 3.8) is 0 Å². The predicted molar refractivity (Wildman–Crippen MR) is 71.2 cm³/mol. The predicted octanol–water partition coefficient (Wildman–Crippen LogP) is 3.42. The third kappa shape index (κ3) is 2.82. The highest BCUT2D eigenvalue weighted by molar-refractivity contribution is 7.08. The van der Waals surface area contributed by atoms with E-state index in [2.05, 4.69) is 5.32 Å². The van der Waals surface area contributed by atoms with E-state index in [-0.39, 0.29) is 5.91 Å². The van der Waals surface area contributed by atoms with Gasteiger partial charge in [0, 0.05) is 17.4 Å². The van der Waals surface area contributed by atoms with E-state index in [0.717, 1.165) is 17.1 Å². The fourth-order valence-electron chi connectivity index (χ4n) is 1.87. The molecule has 1 aliphatic carbocycles. The number of amides is 1. The van der Waals surface area contributed by atoms with Crippen LogP contribution in [0.4, 0.5) is 0 Å². The van der Waals surface area contributed by atoms with Crippen LogP contribution in [0.15, 0.2) is 33.4 Å². The number of furan rings is 1. The molecule has 0 bridgehead atoms. The number of carbonyl (C=O) groups is 1. The van der Waals surface area contributed by atoms with Gasteiger partial charge in [-0.3, -0.25) is 4.79 Å². The lowest BCUT2D eigenvalue weighted by atomic mass is 10.2. The fraction of sp³-hybridized carbons (Fsp3) is 0.357. The van der Waals surface area contributed by atoms with Crippen LogP contribution in [0.2, 0.25) is 0 Å². The Morgan fingerprint density at radius 3 is 3.00 bits per heavy atom. The maximum absolute atomic E-state index is 11.6. The normalized spacial score (nSPS) is 14.7. The summed E-state index contributed by atoms with van der Waals surface area (Å²) in [5.74, 6) is 2.43. The highest BCUT2D eigenvalue weighted by Crippen LogP contribution is 2.32. The Hall–Kier alpha value is -1.55. The average molecular weight is 261 g/mol. The van der Waals surface area contributed by atoms with Gasteiger partial charge in [0.2, 0.25) is 5.91 Å². The minimum atomic E-state index is 0.131. The lowest BCUT2D eigenvalue weighted by Crippen LogP contribution is -2.22. The zero-order valence-corrected chi connectivity index (χ0v) is 10.8. The Kier molecular flexibility index (Phi) is 3.19. The quantitative estimate of drug-likeness (QED) is 0.896. The van der Waals surface area contributed by atoms with Gasteiger partial charge in [-0.15, -0.1) is 0 Å². The Bertz CT molecular complexity index is 526. The van der Waals surface area contributed by atoms with Crippen molar-refractivity contribution in [1.29, 1.82) is 0 Å². The second-order valence-electron chi connectivity index (χ2n) is 4.70. The molecule has 1 saturated carbocycles. The van der Waals surface area contributed by atoms with Crippen LogP contribution in [-0.2, 0) is 11.3 Å². The maximum Gasteiger partial charge on any atom is 0.220 e. The summed E-state index contributed by atoms with van der Waals surface area (Å²) in [5, 5.41) is 6.97. The van der Waals surface area contributed by atoms with E-state index in [1.807, 2.05) is 29.0 Å². The highest BCUT2D eigenvalue weighted by atomic mass is 32.1. The van der Waals surface area contributed by atoms with Crippen LogP contribution in [0.5, 0.6) is 0 Å². The molecule has 2 aromatic heterocycles. The van der Waals surface area contributed by atoms with E-state index in [1.54, 1.807) is 11.3 Å². The van der Waals surface area contributed by atoms with Crippen molar-refractivity contribution in [2.45, 2.75) is 25.8 Å². The van der Waals surface area contributed by atoms with Crippen LogP contribution in [0, 0.1) is 5.92 Å². The van der Waals surface area contributed by atoms with Crippen LogP contribution in [0.25, 0.3) is 11.3 Å². The molecule has 3 rings (SSSR count). The minimum absolute atomic E-state index is 0.131. The fourth-order valence-corrected chi connectivity index (χ4v) is 2.52. The third-order valence-corrected chi connectivity index (χ3v) is 3.78. The molecule has 0 atom stereocenters. The zero-order chi connectivity index (χ0) is 12.4. The molecule has 94 valence electrons. The van der Waals surface area contributed by atoms with Gasteiger partial charge in [-0.05, 0) is 42.3 Å². The summed E-state index contributed by atoms with van der Waals surface area (Å²) < 4.78 is 5.69. The Labute approximate surface area is 110 Å². The number of hydrogen-bond acceptors (Lipinski definition) is 3. The Morgan fingerprint density at radius 1 is 1.39 bits per heavy atom. The first-order chi connectivity index (χ1) is 8.81. The van der Waals surface area contributed by atoms with Crippen LogP contribution >= 0.6 is 11.3 Å². The molecule has 0 saturated heterocycles. The Balaban J connectivity index is 1.55. The molecule has 1 aliphatic rings. The van der Waals surface area contributed by atoms with Crippen molar-refractivity contribution in [2.75, 3.05) is 0 Å². The van der Waals surface area contributed by atoms with Gasteiger partial charge in [-0.2, -0.15) is 11.3 Å². The lowest BCUT2D eigenvalue weighted by molar-refractivity contribution is -0.121. The largest absolute Gasteiger partial charge is 0.459 e. The summed E-state index contributed by atoms with van der Waals surface area (Å²) in [6.45, 7) is 0.482. The van der Waals surface area contributed by atoms with Gasteiger partial charge in [-0.25, -0.2) is 0 Å². The van der Waals surface area contributed by atoms with Gasteiger partial charge in [0.25, 0.3) is 0 Å². The van der Waals surface area contributed by atoms with E-state index in [9.17, 15) is 4.79 Å². The summed E-state index contributed by atoms with van der Waals surface area (Å²) in [4.78, 5) is 11.6. The number of carbonyl (C=O) groups excluding carboxylic acids is 1. The minimum Gasteiger partial charge on any atom is -0.459 e. The number of thiophene rings is 1. The first-order valence-corrected chi connectivity index (χ1v) is 7.13. The number of hydrogen-bond donors (Lipinski definition) is 1. The van der Waals surface area contributed by atoms with Gasteiger partial charge in [0.15, 0.2) is 0 Å². The van der Waals surface area contributed by atoms with Crippen LogP contribution in [0.1, 0.15) is 25.0 Å². The monoisotopic (exact) mass is 261 g/mol. The molecule has 1 N–H and O–H groups in total. The molecule has 0 aromatic carbocycles. The van der Waals surface area contributed by atoms with Gasteiger partial charge < -0.3 is 9.73 Å². The lowest BCUT2D eigenvalue weighted by Gasteiger charge is -2.01. The van der Waals surface area contributed by atoms with Crippen molar-refractivity contribution in [3.8, 4) is 11.3 Å². The topological polar surface area (TPSA) is 42.2 Å². The second-order valence-corrected chi connectivity index (χ2v) is 5.48. The summed E-state index contributed by atoms with van der Waals surface area (Å²) in [7, 11) is 0. The Morgan fingerprint density at radius 2 is 2.28 bits per heavy atom. The van der Waals surface area contributed by atoms with Gasteiger partial charge >= 0.3 is 0 Å². The highest BCUT2D eigenvalue weighted by Gasteiger charge is 2.24. The van der Waals surface area contributed by atoms with E-state index in [0.29, 0.717) is 18.9 Å². The first kappa shape index (κ1) is 11.5. The first-order valence-electron chi connectivity index (χ1n) is 6.19. The molecule has 4 heteroatoms. The van der Waals surface area contributed by atoms with Crippen LogP contribution in [0.3, 0.4) is 0 Å². The second kappa shape index (κ2) is 4.98. The van der Waals surface area contributed by atoms with Crippen molar-refractivity contribution in [3.05, 3.63) is 34.7 Å². The van der Waals surface area contributed by atoms with Crippen molar-refractivity contribution < 1.29 is 9.21 Å². The molecule has 0 radical (unpaired) electrons. The van der Waals surface area contributed by atoms with E-state index >= 15 is 0 Å². The average Bonchev–Trinajstić information content (AvgIpc) is 2.87. The standard InChI is InChI=1S/C14H15NO2S/c16-14(7-10-1-2-10)15-8-12-3-4-13(17-12)11-5-6-18-9-11/h3-6,9-10H,1-2,7-8H2,(H,15,16). The molecule has 0 unspecified atom stereocenters. The summed E-state index contributed by atoms with van der Waals surface area (Å²) in [5.41, 5.74) is 1.09. The molecular weight excluding hydrogens is 246 g/mol. The molecule has 1 fully saturated rings. The molecule has 0 aliphatic heterocycles. The summed E-state index contributed by atoms with van der Waals surface area (Å²) in [6, 6.07) is 5.90. The van der Waals surface area contributed by atoms with Crippen LogP contribution < -0.4 is 5.32 Å². The van der Waals surface area contributed by atoms with E-state index in [1.165, 1.54) is 12.8 Å². The molecule has 2 heterocycles. The molecule has 2 aromatic rings. The molecule has 18 heavy (non-hydrogen) atoms. The van der Waals surface area contributed by atoms with Crippen molar-refractivity contribution in [2.24, 2.45) is 5.92 Å². The summed E-state index contributed by atoms with van der Waals surface area (Å²) >= 11 is 1.65. The third-order valence-electron chi connectivity index (χ3n) is 3.10. The summed E-state index contributed by atoms with van der Waals surface area (Å²) in [6.07, 6.45) is 3.07. The molecule has 3 nitrogen and oxygen atoms in total. The van der Waals surface area contributed by atoms with Crippen molar-refractivity contribution >= 4 is 17.2 Å². The number of nitrogens with one attached hydrogen (secondary N) is 1. The smallest absolute Gasteiger partial charge is 0.220 e. The zero-order valence-electron chi connectivity index (χ0n) is 10.0. The van der Waals surface area contributed by atoms with Gasteiger partial charge in [0.1, 0.15) is 11.5 Å². The van der Waals surface area contributed by atoms with Gasteiger partial charge in [0.05, 0.1) is 6.54 Å². The van der Waals surface area contributed by atoms with E-state index < -0.39 is 0 Å². The van der Waals surface area contributed by atoms with Crippen molar-refractivity contribution in [1.82, 2.24) is 5.32 Å². The number of rotatable bonds is 5. The van der Waals surface area contributed by atoms with E-state index in [4.69, 9.17) is 4.42 Å². The molecule has 1 amide bonds. The maximum atomic E-state index is 11.6. The van der Waals surface area contributed by atoms with Crippen LogP contribution in [-0.4, -0.2) is 5.91 Å². The SMILES string of the molecule is O=C(CC1CC1)NCc1ccc(-c2ccsc2)o1. The molecular formula is C14H15NO2S.